The molecule has 0 spiro atoms. The van der Waals surface area contributed by atoms with Crippen molar-refractivity contribution in [1.29, 1.82) is 0 Å². The van der Waals surface area contributed by atoms with E-state index in [0.29, 0.717) is 16.4 Å². The minimum absolute atomic E-state index is 0.302. The summed E-state index contributed by atoms with van der Waals surface area (Å²) in [5, 5.41) is 3.44. The third-order valence-corrected chi connectivity index (χ3v) is 5.03. The molecular formula is C19H19ClF3N3O. The van der Waals surface area contributed by atoms with E-state index in [-0.39, 0.29) is 5.56 Å². The Morgan fingerprint density at radius 3 is 2.44 bits per heavy atom. The minimum atomic E-state index is -3.53. The number of nitrogens with zero attached hydrogens (tertiary/aromatic N) is 1. The van der Waals surface area contributed by atoms with Crippen LogP contribution in [0.3, 0.4) is 0 Å². The fourth-order valence-corrected chi connectivity index (χ4v) is 3.33. The van der Waals surface area contributed by atoms with Crippen molar-refractivity contribution in [3.05, 3.63) is 58.9 Å². The molecular weight excluding hydrogens is 379 g/mol. The van der Waals surface area contributed by atoms with Crippen molar-refractivity contribution in [3.8, 4) is 0 Å². The number of alkyl halides is 2. The van der Waals surface area contributed by atoms with Crippen LogP contribution in [0.5, 0.6) is 0 Å². The molecule has 0 aromatic heterocycles. The van der Waals surface area contributed by atoms with Crippen LogP contribution in [0.25, 0.3) is 0 Å². The number of aliphatic imine (C=N–C) groups is 1. The first kappa shape index (κ1) is 19.4. The number of rotatable bonds is 3. The lowest BCUT2D eigenvalue weighted by Gasteiger charge is -2.46. The first-order chi connectivity index (χ1) is 12.5. The van der Waals surface area contributed by atoms with E-state index >= 15 is 8.78 Å². The summed E-state index contributed by atoms with van der Waals surface area (Å²) in [7, 11) is 0. The lowest BCUT2D eigenvalue weighted by atomic mass is 9.77. The van der Waals surface area contributed by atoms with Crippen LogP contribution in [0.1, 0.15) is 26.3 Å². The number of anilines is 2. The highest BCUT2D eigenvalue weighted by Gasteiger charge is 2.66. The van der Waals surface area contributed by atoms with E-state index < -0.39 is 28.9 Å². The second kappa shape index (κ2) is 6.34. The number of hydrogen-bond donors (Lipinski definition) is 2. The molecule has 1 aliphatic rings. The Kier molecular flexibility index (Phi) is 4.54. The number of nitrogens with one attached hydrogen (secondary N) is 1. The number of halogens is 4. The normalized spacial score (nSPS) is 23.3. The van der Waals surface area contributed by atoms with Gasteiger partial charge in [0.25, 0.3) is 6.02 Å². The summed E-state index contributed by atoms with van der Waals surface area (Å²) < 4.78 is 50.0. The van der Waals surface area contributed by atoms with Gasteiger partial charge in [-0.1, -0.05) is 23.7 Å². The van der Waals surface area contributed by atoms with Gasteiger partial charge >= 0.3 is 5.92 Å². The van der Waals surface area contributed by atoms with E-state index in [9.17, 15) is 4.39 Å². The van der Waals surface area contributed by atoms with Crippen molar-refractivity contribution < 1.29 is 17.9 Å². The largest absolute Gasteiger partial charge is 0.453 e. The quantitative estimate of drug-likeness (QED) is 0.748. The molecule has 3 rings (SSSR count). The maximum atomic E-state index is 15.2. The summed E-state index contributed by atoms with van der Waals surface area (Å²) in [4.78, 5) is 3.79. The molecule has 3 N–H and O–H groups in total. The standard InChI is InChI=1S/C19H19ClF3N3O/c1-17(2)19(22,23)18(3,26-16(24)27-17)12-10-11(8-9-14(12)21)25-15-7-5-4-6-13(15)20/h4-10,25H,1-3H3,(H2,24,26)/t18-/m1/s1. The van der Waals surface area contributed by atoms with Gasteiger partial charge in [0.2, 0.25) is 0 Å². The molecule has 2 aromatic rings. The molecule has 2 aromatic carbocycles. The Morgan fingerprint density at radius 1 is 1.11 bits per heavy atom. The fourth-order valence-electron chi connectivity index (χ4n) is 3.15. The SMILES string of the molecule is CC1(C)OC(N)=N[C@](C)(c2cc(Nc3ccccc3Cl)ccc2F)C1(F)F. The smallest absolute Gasteiger partial charge is 0.315 e. The van der Waals surface area contributed by atoms with Crippen LogP contribution in [0.4, 0.5) is 24.5 Å². The highest BCUT2D eigenvalue weighted by atomic mass is 35.5. The van der Waals surface area contributed by atoms with E-state index in [1.807, 2.05) is 0 Å². The third-order valence-electron chi connectivity index (χ3n) is 4.70. The first-order valence-electron chi connectivity index (χ1n) is 8.22. The Morgan fingerprint density at radius 2 is 1.78 bits per heavy atom. The number of hydrogen-bond acceptors (Lipinski definition) is 4. The van der Waals surface area contributed by atoms with Crippen molar-refractivity contribution >= 4 is 29.0 Å². The molecule has 8 heteroatoms. The van der Waals surface area contributed by atoms with E-state index in [0.717, 1.165) is 13.0 Å². The van der Waals surface area contributed by atoms with Crippen LogP contribution in [0, 0.1) is 5.82 Å². The van der Waals surface area contributed by atoms with Crippen LogP contribution < -0.4 is 11.1 Å². The number of benzene rings is 2. The maximum absolute atomic E-state index is 15.2. The summed E-state index contributed by atoms with van der Waals surface area (Å²) >= 11 is 6.11. The zero-order chi connectivity index (χ0) is 20.0. The molecule has 1 aliphatic heterocycles. The van der Waals surface area contributed by atoms with Crippen molar-refractivity contribution in [3.63, 3.8) is 0 Å². The molecule has 0 radical (unpaired) electrons. The molecule has 1 atom stereocenters. The van der Waals surface area contributed by atoms with Gasteiger partial charge in [-0.3, -0.25) is 0 Å². The molecule has 4 nitrogen and oxygen atoms in total. The van der Waals surface area contributed by atoms with Gasteiger partial charge in [0.15, 0.2) is 11.1 Å². The number of ether oxygens (including phenoxy) is 1. The Balaban J connectivity index is 2.11. The molecule has 0 fully saturated rings. The monoisotopic (exact) mass is 397 g/mol. The van der Waals surface area contributed by atoms with Crippen LogP contribution in [0.15, 0.2) is 47.5 Å². The Hall–Kier alpha value is -2.41. The number of para-hydroxylation sites is 1. The molecule has 27 heavy (non-hydrogen) atoms. The predicted molar refractivity (Wildman–Crippen MR) is 100 cm³/mol. The lowest BCUT2D eigenvalue weighted by Crippen LogP contribution is -2.62. The molecule has 0 bridgehead atoms. The predicted octanol–water partition coefficient (Wildman–Crippen LogP) is 5.20. The van der Waals surface area contributed by atoms with E-state index in [1.165, 1.54) is 26.0 Å². The highest BCUT2D eigenvalue weighted by molar-refractivity contribution is 6.33. The molecule has 0 aliphatic carbocycles. The topological polar surface area (TPSA) is 59.6 Å². The van der Waals surface area contributed by atoms with Crippen molar-refractivity contribution in [2.75, 3.05) is 5.32 Å². The second-order valence-electron chi connectivity index (χ2n) is 7.01. The summed E-state index contributed by atoms with van der Waals surface area (Å²) in [6.45, 7) is 3.52. The molecule has 0 saturated heterocycles. The zero-order valence-corrected chi connectivity index (χ0v) is 15.7. The van der Waals surface area contributed by atoms with E-state index in [2.05, 4.69) is 10.3 Å². The van der Waals surface area contributed by atoms with Gasteiger partial charge in [-0.15, -0.1) is 0 Å². The lowest BCUT2D eigenvalue weighted by molar-refractivity contribution is -0.207. The minimum Gasteiger partial charge on any atom is -0.453 e. The molecule has 1 heterocycles. The van der Waals surface area contributed by atoms with E-state index in [4.69, 9.17) is 22.1 Å². The van der Waals surface area contributed by atoms with Crippen molar-refractivity contribution in [2.45, 2.75) is 37.8 Å². The van der Waals surface area contributed by atoms with Gasteiger partial charge in [-0.2, -0.15) is 8.78 Å². The summed E-state index contributed by atoms with van der Waals surface area (Å²) in [5.74, 6) is -4.36. The third kappa shape index (κ3) is 3.10. The van der Waals surface area contributed by atoms with Gasteiger partial charge < -0.3 is 15.8 Å². The van der Waals surface area contributed by atoms with Gasteiger partial charge in [-0.05, 0) is 51.1 Å². The van der Waals surface area contributed by atoms with Gasteiger partial charge in [0.05, 0.1) is 10.7 Å². The molecule has 0 saturated carbocycles. The average Bonchev–Trinajstić information content (AvgIpc) is 2.56. The molecule has 144 valence electrons. The van der Waals surface area contributed by atoms with Crippen LogP contribution in [-0.4, -0.2) is 17.5 Å². The highest BCUT2D eigenvalue weighted by Crippen LogP contribution is 2.52. The fraction of sp³-hybridized carbons (Fsp3) is 0.316. The van der Waals surface area contributed by atoms with Gasteiger partial charge in [0, 0.05) is 11.3 Å². The maximum Gasteiger partial charge on any atom is 0.315 e. The summed E-state index contributed by atoms with van der Waals surface area (Å²) in [5.41, 5.74) is 2.04. The van der Waals surface area contributed by atoms with Crippen molar-refractivity contribution in [1.82, 2.24) is 0 Å². The van der Waals surface area contributed by atoms with E-state index in [1.54, 1.807) is 24.3 Å². The number of nitrogens with two attached hydrogens (primary N) is 1. The van der Waals surface area contributed by atoms with Gasteiger partial charge in [-0.25, -0.2) is 9.38 Å². The summed E-state index contributed by atoms with van der Waals surface area (Å²) in [6, 6.07) is 10.3. The van der Waals surface area contributed by atoms with Crippen molar-refractivity contribution in [2.24, 2.45) is 10.7 Å². The molecule has 0 unspecified atom stereocenters. The molecule has 0 amide bonds. The van der Waals surface area contributed by atoms with Crippen LogP contribution >= 0.6 is 11.6 Å². The zero-order valence-electron chi connectivity index (χ0n) is 15.0. The van der Waals surface area contributed by atoms with Crippen LogP contribution in [0.2, 0.25) is 5.02 Å². The number of amidine groups is 1. The second-order valence-corrected chi connectivity index (χ2v) is 7.42. The average molecular weight is 398 g/mol. The first-order valence-corrected chi connectivity index (χ1v) is 8.59. The Labute approximate surface area is 160 Å². The summed E-state index contributed by atoms with van der Waals surface area (Å²) in [6.07, 6.45) is 0. The van der Waals surface area contributed by atoms with Gasteiger partial charge in [0.1, 0.15) is 5.82 Å². The van der Waals surface area contributed by atoms with Crippen LogP contribution in [-0.2, 0) is 10.3 Å². The Bertz CT molecular complexity index is 917.